The van der Waals surface area contributed by atoms with Crippen molar-refractivity contribution in [3.8, 4) is 11.8 Å². The van der Waals surface area contributed by atoms with Crippen molar-refractivity contribution < 1.29 is 26.4 Å². The maximum atomic E-state index is 13.0. The van der Waals surface area contributed by atoms with Crippen LogP contribution < -0.4 is 4.72 Å². The summed E-state index contributed by atoms with van der Waals surface area (Å²) in [4.78, 5) is 11.6. The molecular formula is C14H14F3NO3S. The lowest BCUT2D eigenvalue weighted by atomic mass is 9.95. The van der Waals surface area contributed by atoms with E-state index in [2.05, 4.69) is 11.8 Å². The third-order valence-electron chi connectivity index (χ3n) is 2.69. The van der Waals surface area contributed by atoms with Gasteiger partial charge in [-0.05, 0) is 12.5 Å². The SMILES string of the molecule is CC#CCS(=O)(=O)NC(=O)C[C@@H](c1ccccc1)C(F)(F)F. The average molecular weight is 333 g/mol. The second kappa shape index (κ2) is 7.31. The molecule has 0 aliphatic carbocycles. The molecule has 22 heavy (non-hydrogen) atoms. The Hall–Kier alpha value is -2.01. The molecule has 1 amide bonds. The summed E-state index contributed by atoms with van der Waals surface area (Å²) in [5, 5.41) is 0. The number of carbonyl (C=O) groups is 1. The smallest absolute Gasteiger partial charge is 0.274 e. The standard InChI is InChI=1S/C14H14F3NO3S/c1-2-3-9-22(20,21)18-13(19)10-12(14(15,16)17)11-7-5-4-6-8-11/h4-8,12H,9-10H2,1H3,(H,18,19)/t12-/m0/s1. The van der Waals surface area contributed by atoms with E-state index in [0.29, 0.717) is 0 Å². The van der Waals surface area contributed by atoms with Crippen molar-refractivity contribution in [2.75, 3.05) is 5.75 Å². The zero-order valence-electron chi connectivity index (χ0n) is 11.6. The van der Waals surface area contributed by atoms with Crippen LogP contribution in [-0.4, -0.2) is 26.3 Å². The molecule has 0 aliphatic heterocycles. The number of hydrogen-bond donors (Lipinski definition) is 1. The lowest BCUT2D eigenvalue weighted by Gasteiger charge is -2.20. The van der Waals surface area contributed by atoms with Crippen LogP contribution in [0.2, 0.25) is 0 Å². The fourth-order valence-electron chi connectivity index (χ4n) is 1.71. The molecular weight excluding hydrogens is 319 g/mol. The van der Waals surface area contributed by atoms with Crippen LogP contribution in [0.25, 0.3) is 0 Å². The van der Waals surface area contributed by atoms with Gasteiger partial charge < -0.3 is 0 Å². The Labute approximate surface area is 126 Å². The minimum Gasteiger partial charge on any atom is -0.274 e. The number of nitrogens with one attached hydrogen (secondary N) is 1. The summed E-state index contributed by atoms with van der Waals surface area (Å²) in [5.41, 5.74) is -0.101. The van der Waals surface area contributed by atoms with Crippen LogP contribution in [0.4, 0.5) is 13.2 Å². The van der Waals surface area contributed by atoms with E-state index in [9.17, 15) is 26.4 Å². The highest BCUT2D eigenvalue weighted by Gasteiger charge is 2.42. The zero-order valence-corrected chi connectivity index (χ0v) is 12.5. The highest BCUT2D eigenvalue weighted by atomic mass is 32.2. The fraction of sp³-hybridized carbons (Fsp3) is 0.357. The normalized spacial score (nSPS) is 12.9. The van der Waals surface area contributed by atoms with Crippen LogP contribution in [0.5, 0.6) is 0 Å². The van der Waals surface area contributed by atoms with Crippen molar-refractivity contribution in [2.45, 2.75) is 25.4 Å². The third-order valence-corrected chi connectivity index (χ3v) is 3.76. The molecule has 0 unspecified atom stereocenters. The molecule has 4 nitrogen and oxygen atoms in total. The van der Waals surface area contributed by atoms with Crippen LogP contribution in [0.1, 0.15) is 24.8 Å². The van der Waals surface area contributed by atoms with E-state index in [0.717, 1.165) is 0 Å². The topological polar surface area (TPSA) is 63.2 Å². The Morgan fingerprint density at radius 3 is 2.36 bits per heavy atom. The van der Waals surface area contributed by atoms with Gasteiger partial charge in [0.05, 0.1) is 5.92 Å². The second-order valence-electron chi connectivity index (χ2n) is 4.42. The third kappa shape index (κ3) is 5.77. The van der Waals surface area contributed by atoms with Gasteiger partial charge in [-0.2, -0.15) is 13.2 Å². The van der Waals surface area contributed by atoms with Crippen LogP contribution in [-0.2, 0) is 14.8 Å². The van der Waals surface area contributed by atoms with Gasteiger partial charge in [-0.1, -0.05) is 36.3 Å². The van der Waals surface area contributed by atoms with E-state index < -0.39 is 40.2 Å². The maximum Gasteiger partial charge on any atom is 0.396 e. The van der Waals surface area contributed by atoms with Gasteiger partial charge in [0.15, 0.2) is 0 Å². The molecule has 0 aromatic heterocycles. The van der Waals surface area contributed by atoms with E-state index in [1.54, 1.807) is 10.8 Å². The summed E-state index contributed by atoms with van der Waals surface area (Å²) in [7, 11) is -4.06. The second-order valence-corrected chi connectivity index (χ2v) is 6.14. The lowest BCUT2D eigenvalue weighted by Crippen LogP contribution is -2.35. The van der Waals surface area contributed by atoms with Gasteiger partial charge >= 0.3 is 6.18 Å². The van der Waals surface area contributed by atoms with E-state index in [-0.39, 0.29) is 5.56 Å². The highest BCUT2D eigenvalue weighted by molar-refractivity contribution is 7.90. The van der Waals surface area contributed by atoms with Crippen molar-refractivity contribution >= 4 is 15.9 Å². The minimum atomic E-state index is -4.66. The molecule has 1 aromatic rings. The maximum absolute atomic E-state index is 13.0. The molecule has 0 heterocycles. The van der Waals surface area contributed by atoms with Crippen molar-refractivity contribution in [1.82, 2.24) is 4.72 Å². The first-order valence-corrected chi connectivity index (χ1v) is 7.85. The number of sulfonamides is 1. The van der Waals surface area contributed by atoms with Gasteiger partial charge in [-0.25, -0.2) is 8.42 Å². The first-order chi connectivity index (χ1) is 10.2. The molecule has 0 saturated heterocycles. The molecule has 8 heteroatoms. The molecule has 1 rings (SSSR count). The van der Waals surface area contributed by atoms with Gasteiger partial charge in [-0.15, -0.1) is 5.92 Å². The van der Waals surface area contributed by atoms with E-state index in [1.807, 2.05) is 0 Å². The molecule has 0 spiro atoms. The van der Waals surface area contributed by atoms with E-state index in [1.165, 1.54) is 31.2 Å². The number of amides is 1. The highest BCUT2D eigenvalue weighted by Crippen LogP contribution is 2.37. The van der Waals surface area contributed by atoms with Crippen LogP contribution in [0.15, 0.2) is 30.3 Å². The summed E-state index contributed by atoms with van der Waals surface area (Å²) >= 11 is 0. The number of benzene rings is 1. The van der Waals surface area contributed by atoms with E-state index >= 15 is 0 Å². The van der Waals surface area contributed by atoms with Crippen molar-refractivity contribution in [1.29, 1.82) is 0 Å². The quantitative estimate of drug-likeness (QED) is 0.840. The Bertz CT molecular complexity index is 673. The Kier molecular flexibility index (Phi) is 6.00. The Balaban J connectivity index is 2.87. The molecule has 0 aliphatic rings. The summed E-state index contributed by atoms with van der Waals surface area (Å²) < 4.78 is 63.6. The van der Waals surface area contributed by atoms with Crippen molar-refractivity contribution in [3.63, 3.8) is 0 Å². The zero-order chi connectivity index (χ0) is 16.8. The molecule has 1 N–H and O–H groups in total. The van der Waals surface area contributed by atoms with E-state index in [4.69, 9.17) is 0 Å². The lowest BCUT2D eigenvalue weighted by molar-refractivity contribution is -0.156. The van der Waals surface area contributed by atoms with Gasteiger partial charge in [0.2, 0.25) is 15.9 Å². The van der Waals surface area contributed by atoms with Crippen LogP contribution >= 0.6 is 0 Å². The monoisotopic (exact) mass is 333 g/mol. The molecule has 0 saturated carbocycles. The predicted molar refractivity (Wildman–Crippen MR) is 75.2 cm³/mol. The Morgan fingerprint density at radius 2 is 1.86 bits per heavy atom. The summed E-state index contributed by atoms with van der Waals surface area (Å²) in [5.74, 6) is 0.633. The number of alkyl halides is 3. The molecule has 1 atom stereocenters. The molecule has 0 radical (unpaired) electrons. The number of hydrogen-bond acceptors (Lipinski definition) is 3. The Morgan fingerprint density at radius 1 is 1.27 bits per heavy atom. The largest absolute Gasteiger partial charge is 0.396 e. The summed E-state index contributed by atoms with van der Waals surface area (Å²) in [6.07, 6.45) is -5.67. The number of halogens is 3. The number of carbonyl (C=O) groups excluding carboxylic acids is 1. The summed E-state index contributed by atoms with van der Waals surface area (Å²) in [6, 6.07) is 6.86. The molecule has 0 fully saturated rings. The number of rotatable bonds is 5. The predicted octanol–water partition coefficient (Wildman–Crippen LogP) is 2.19. The molecule has 120 valence electrons. The van der Waals surface area contributed by atoms with Gasteiger partial charge in [0.1, 0.15) is 5.75 Å². The molecule has 1 aromatic carbocycles. The summed E-state index contributed by atoms with van der Waals surface area (Å²) in [6.45, 7) is 1.41. The minimum absolute atomic E-state index is 0.101. The van der Waals surface area contributed by atoms with Crippen molar-refractivity contribution in [3.05, 3.63) is 35.9 Å². The van der Waals surface area contributed by atoms with Crippen LogP contribution in [0, 0.1) is 11.8 Å². The van der Waals surface area contributed by atoms with Gasteiger partial charge in [0, 0.05) is 6.42 Å². The first-order valence-electron chi connectivity index (χ1n) is 6.20. The van der Waals surface area contributed by atoms with Gasteiger partial charge in [-0.3, -0.25) is 9.52 Å². The van der Waals surface area contributed by atoms with Crippen molar-refractivity contribution in [2.24, 2.45) is 0 Å². The average Bonchev–Trinajstić information content (AvgIpc) is 2.42. The molecule has 0 bridgehead atoms. The van der Waals surface area contributed by atoms with Gasteiger partial charge in [0.25, 0.3) is 0 Å². The first kappa shape index (κ1) is 18.0. The fourth-order valence-corrected chi connectivity index (χ4v) is 2.55. The van der Waals surface area contributed by atoms with Crippen LogP contribution in [0.3, 0.4) is 0 Å².